The highest BCUT2D eigenvalue weighted by atomic mass is 32.1. The Labute approximate surface area is 157 Å². The number of thiophene rings is 1. The Hall–Kier alpha value is -1.98. The summed E-state index contributed by atoms with van der Waals surface area (Å²) in [7, 11) is 0. The summed E-state index contributed by atoms with van der Waals surface area (Å²) in [6, 6.07) is 10.8. The fourth-order valence-electron chi connectivity index (χ4n) is 4.49. The molecule has 3 aromatic rings. The number of aromatic nitrogens is 2. The first-order valence-electron chi connectivity index (χ1n) is 9.57. The van der Waals surface area contributed by atoms with Crippen molar-refractivity contribution in [3.63, 3.8) is 0 Å². The van der Waals surface area contributed by atoms with Crippen LogP contribution in [0.25, 0.3) is 10.2 Å². The van der Waals surface area contributed by atoms with Crippen molar-refractivity contribution >= 4 is 21.6 Å². The maximum Gasteiger partial charge on any atom is 0.262 e. The molecule has 0 spiro atoms. The van der Waals surface area contributed by atoms with E-state index >= 15 is 0 Å². The molecule has 0 saturated carbocycles. The molecule has 1 saturated heterocycles. The summed E-state index contributed by atoms with van der Waals surface area (Å²) in [6.45, 7) is 3.07. The van der Waals surface area contributed by atoms with Crippen molar-refractivity contribution in [3.05, 3.63) is 63.0 Å². The summed E-state index contributed by atoms with van der Waals surface area (Å²) in [5, 5.41) is 0.878. The van der Waals surface area contributed by atoms with Crippen molar-refractivity contribution in [2.75, 3.05) is 13.1 Å². The third-order valence-corrected chi connectivity index (χ3v) is 7.02. The fraction of sp³-hybridized carbons (Fsp3) is 0.429. The van der Waals surface area contributed by atoms with Gasteiger partial charge in [0.2, 0.25) is 0 Å². The molecule has 1 aliphatic carbocycles. The second kappa shape index (κ2) is 6.63. The van der Waals surface area contributed by atoms with E-state index in [0.717, 1.165) is 28.6 Å². The minimum absolute atomic E-state index is 0.121. The van der Waals surface area contributed by atoms with Gasteiger partial charge < -0.3 is 4.90 Å². The van der Waals surface area contributed by atoms with Gasteiger partial charge in [-0.2, -0.15) is 0 Å². The van der Waals surface area contributed by atoms with Crippen LogP contribution in [0.5, 0.6) is 0 Å². The van der Waals surface area contributed by atoms with Gasteiger partial charge in [-0.05, 0) is 56.3 Å². The standard InChI is InChI=1S/C21H23N3OS/c25-21-19-17-9-8-16(23-10-4-5-11-23)12-18(17)26-20(19)22-14-24(21)13-15-6-2-1-3-7-15/h1-3,6-7,14,16H,4-5,8-13H2. The molecule has 1 aliphatic heterocycles. The van der Waals surface area contributed by atoms with Crippen LogP contribution >= 0.6 is 11.3 Å². The highest BCUT2D eigenvalue weighted by molar-refractivity contribution is 7.18. The largest absolute Gasteiger partial charge is 0.300 e. The van der Waals surface area contributed by atoms with Gasteiger partial charge in [0.1, 0.15) is 4.83 Å². The quantitative estimate of drug-likeness (QED) is 0.713. The van der Waals surface area contributed by atoms with E-state index in [-0.39, 0.29) is 5.56 Å². The monoisotopic (exact) mass is 365 g/mol. The number of rotatable bonds is 3. The number of hydrogen-bond acceptors (Lipinski definition) is 4. The van der Waals surface area contributed by atoms with Crippen molar-refractivity contribution in [3.8, 4) is 0 Å². The highest BCUT2D eigenvalue weighted by Crippen LogP contribution is 2.35. The van der Waals surface area contributed by atoms with Gasteiger partial charge in [0.15, 0.2) is 0 Å². The zero-order valence-electron chi connectivity index (χ0n) is 14.9. The highest BCUT2D eigenvalue weighted by Gasteiger charge is 2.29. The van der Waals surface area contributed by atoms with Crippen molar-refractivity contribution < 1.29 is 0 Å². The third kappa shape index (κ3) is 2.79. The number of fused-ring (bicyclic) bond motifs is 3. The number of benzene rings is 1. The van der Waals surface area contributed by atoms with Gasteiger partial charge in [-0.1, -0.05) is 30.3 Å². The zero-order valence-corrected chi connectivity index (χ0v) is 15.7. The maximum absolute atomic E-state index is 13.1. The van der Waals surface area contributed by atoms with E-state index < -0.39 is 0 Å². The van der Waals surface area contributed by atoms with E-state index in [2.05, 4.69) is 22.0 Å². The third-order valence-electron chi connectivity index (χ3n) is 5.86. The molecular formula is C21H23N3OS. The van der Waals surface area contributed by atoms with Gasteiger partial charge in [-0.25, -0.2) is 4.98 Å². The van der Waals surface area contributed by atoms with Gasteiger partial charge in [-0.15, -0.1) is 11.3 Å². The topological polar surface area (TPSA) is 38.1 Å². The Kier molecular flexibility index (Phi) is 4.14. The molecule has 2 aliphatic rings. The lowest BCUT2D eigenvalue weighted by Gasteiger charge is -2.30. The predicted molar refractivity (Wildman–Crippen MR) is 106 cm³/mol. The van der Waals surface area contributed by atoms with Crippen LogP contribution in [0.2, 0.25) is 0 Å². The van der Waals surface area contributed by atoms with Crippen LogP contribution in [0.4, 0.5) is 0 Å². The summed E-state index contributed by atoms with van der Waals surface area (Å²) < 4.78 is 1.76. The molecule has 1 atom stereocenters. The zero-order chi connectivity index (χ0) is 17.5. The van der Waals surface area contributed by atoms with Crippen LogP contribution in [0.15, 0.2) is 41.5 Å². The fourth-order valence-corrected chi connectivity index (χ4v) is 5.74. The Morgan fingerprint density at radius 1 is 1.15 bits per heavy atom. The van der Waals surface area contributed by atoms with E-state index in [4.69, 9.17) is 0 Å². The molecule has 0 bridgehead atoms. The van der Waals surface area contributed by atoms with Crippen LogP contribution in [0.1, 0.15) is 35.3 Å². The Morgan fingerprint density at radius 3 is 2.77 bits per heavy atom. The van der Waals surface area contributed by atoms with Crippen molar-refractivity contribution in [2.45, 2.75) is 44.7 Å². The lowest BCUT2D eigenvalue weighted by Crippen LogP contribution is -2.36. The smallest absolute Gasteiger partial charge is 0.262 e. The SMILES string of the molecule is O=c1c2c3c(sc2ncn1Cc1ccccc1)CC(N1CCCC1)CC3. The molecule has 0 radical (unpaired) electrons. The van der Waals surface area contributed by atoms with E-state index in [1.54, 1.807) is 22.2 Å². The molecule has 1 aromatic carbocycles. The van der Waals surface area contributed by atoms with Crippen molar-refractivity contribution in [1.82, 2.24) is 14.5 Å². The first kappa shape index (κ1) is 16.2. The molecular weight excluding hydrogens is 342 g/mol. The van der Waals surface area contributed by atoms with Gasteiger partial charge in [0.05, 0.1) is 18.3 Å². The number of aryl methyl sites for hydroxylation is 1. The van der Waals surface area contributed by atoms with Crippen LogP contribution in [0, 0.1) is 0 Å². The van der Waals surface area contributed by atoms with Gasteiger partial charge in [-0.3, -0.25) is 9.36 Å². The maximum atomic E-state index is 13.1. The molecule has 1 unspecified atom stereocenters. The summed E-state index contributed by atoms with van der Waals surface area (Å²) in [6.07, 6.45) is 7.67. The molecule has 2 aromatic heterocycles. The first-order chi connectivity index (χ1) is 12.8. The average Bonchev–Trinajstić information content (AvgIpc) is 3.32. The Bertz CT molecular complexity index is 986. The molecule has 4 nitrogen and oxygen atoms in total. The second-order valence-corrected chi connectivity index (χ2v) is 8.57. The predicted octanol–water partition coefficient (Wildman–Crippen LogP) is 3.46. The number of likely N-dealkylation sites (tertiary alicyclic amines) is 1. The van der Waals surface area contributed by atoms with Gasteiger partial charge >= 0.3 is 0 Å². The van der Waals surface area contributed by atoms with Crippen LogP contribution in [0.3, 0.4) is 0 Å². The summed E-state index contributed by atoms with van der Waals surface area (Å²) in [5.41, 5.74) is 2.53. The Morgan fingerprint density at radius 2 is 1.96 bits per heavy atom. The summed E-state index contributed by atoms with van der Waals surface area (Å²) in [5.74, 6) is 0. The van der Waals surface area contributed by atoms with E-state index in [1.165, 1.54) is 42.8 Å². The summed E-state index contributed by atoms with van der Waals surface area (Å²) >= 11 is 1.74. The minimum atomic E-state index is 0.121. The van der Waals surface area contributed by atoms with Crippen LogP contribution in [-0.4, -0.2) is 33.6 Å². The normalized spacial score (nSPS) is 20.5. The minimum Gasteiger partial charge on any atom is -0.300 e. The van der Waals surface area contributed by atoms with Crippen LogP contribution < -0.4 is 5.56 Å². The molecule has 0 amide bonds. The molecule has 5 rings (SSSR count). The number of nitrogens with zero attached hydrogens (tertiary/aromatic N) is 3. The first-order valence-corrected chi connectivity index (χ1v) is 10.4. The van der Waals surface area contributed by atoms with Crippen molar-refractivity contribution in [1.29, 1.82) is 0 Å². The van der Waals surface area contributed by atoms with Crippen molar-refractivity contribution in [2.24, 2.45) is 0 Å². The molecule has 0 N–H and O–H groups in total. The molecule has 5 heteroatoms. The van der Waals surface area contributed by atoms with Gasteiger partial charge in [0, 0.05) is 10.9 Å². The molecule has 134 valence electrons. The molecule has 3 heterocycles. The van der Waals surface area contributed by atoms with E-state index in [0.29, 0.717) is 12.6 Å². The Balaban J connectivity index is 1.50. The van der Waals surface area contributed by atoms with Gasteiger partial charge in [0.25, 0.3) is 5.56 Å². The average molecular weight is 366 g/mol. The summed E-state index contributed by atoms with van der Waals surface area (Å²) in [4.78, 5) is 22.7. The lowest BCUT2D eigenvalue weighted by atomic mass is 9.92. The lowest BCUT2D eigenvalue weighted by molar-refractivity contribution is 0.224. The molecule has 26 heavy (non-hydrogen) atoms. The van der Waals surface area contributed by atoms with Crippen LogP contribution in [-0.2, 0) is 19.4 Å². The number of hydrogen-bond donors (Lipinski definition) is 0. The van der Waals surface area contributed by atoms with E-state index in [1.807, 2.05) is 18.2 Å². The van der Waals surface area contributed by atoms with E-state index in [9.17, 15) is 4.79 Å². The second-order valence-electron chi connectivity index (χ2n) is 7.49. The molecule has 1 fully saturated rings.